The molecule has 6 N–H and O–H groups in total. The fourth-order valence-corrected chi connectivity index (χ4v) is 3.97. The highest BCUT2D eigenvalue weighted by atomic mass is 32.5. The molecule has 0 heterocycles. The summed E-state index contributed by atoms with van der Waals surface area (Å²) in [5.41, 5.74) is 0. The first-order chi connectivity index (χ1) is 11.8. The van der Waals surface area contributed by atoms with Crippen molar-refractivity contribution in [1.82, 2.24) is 0 Å². The molecular weight excluding hydrogens is 454 g/mol. The Bertz CT molecular complexity index is 328. The van der Waals surface area contributed by atoms with Crippen LogP contribution in [0.1, 0.15) is 72.1 Å². The van der Waals surface area contributed by atoms with Gasteiger partial charge in [0, 0.05) is 4.58 Å². The third kappa shape index (κ3) is 63.6. The van der Waals surface area contributed by atoms with Crippen molar-refractivity contribution in [2.75, 3.05) is 11.5 Å². The van der Waals surface area contributed by atoms with Crippen LogP contribution in [0.3, 0.4) is 0 Å². The third-order valence-electron chi connectivity index (χ3n) is 2.70. The Morgan fingerprint density at radius 2 is 0.923 bits per heavy atom. The van der Waals surface area contributed by atoms with E-state index in [4.69, 9.17) is 29.4 Å². The van der Waals surface area contributed by atoms with Crippen LogP contribution < -0.4 is 0 Å². The Balaban J connectivity index is -0.000000433. The van der Waals surface area contributed by atoms with Crippen LogP contribution in [0.5, 0.6) is 0 Å². The summed E-state index contributed by atoms with van der Waals surface area (Å²) in [5, 5.41) is 0. The fourth-order valence-electron chi connectivity index (χ4n) is 1.60. The Hall–Kier alpha value is 1.76. The third-order valence-corrected chi connectivity index (χ3v) is 5.50. The van der Waals surface area contributed by atoms with Crippen molar-refractivity contribution in [1.29, 1.82) is 0 Å². The van der Waals surface area contributed by atoms with Crippen LogP contribution in [-0.4, -0.2) is 45.4 Å². The first-order valence-corrected chi connectivity index (χ1v) is 16.0. The monoisotopic (exact) mass is 490 g/mol. The van der Waals surface area contributed by atoms with Gasteiger partial charge in [0.25, 0.3) is 0 Å². The molecule has 0 rings (SSSR count). The molecule has 0 aromatic rings. The fraction of sp³-hybridized carbons (Fsp3) is 1.00. The summed E-state index contributed by atoms with van der Waals surface area (Å²) < 4.78 is 0.809. The molecule has 26 heavy (non-hydrogen) atoms. The average Bonchev–Trinajstić information content (AvgIpc) is 2.43. The van der Waals surface area contributed by atoms with E-state index < -0.39 is 13.4 Å². The van der Waals surface area contributed by atoms with Gasteiger partial charge in [0.05, 0.1) is 0 Å². The summed E-state index contributed by atoms with van der Waals surface area (Å²) in [7, 11) is 0. The first-order valence-electron chi connectivity index (χ1n) is 8.61. The molecule has 0 saturated carbocycles. The molecule has 0 atom stereocenters. The van der Waals surface area contributed by atoms with E-state index in [9.17, 15) is 0 Å². The molecule has 0 aliphatic rings. The lowest BCUT2D eigenvalue weighted by Crippen LogP contribution is -1.94. The standard InChI is InChI=1S/C14H30S2.2H3O3PS/c1-4-6-8-10-12-15-14(3)16-13-11-9-7-5-2;2*1-4(2,3)5/h14H,4-13H2,1-3H3;2*(H3,1,2,3,5). The molecule has 12 heteroatoms. The molecule has 0 aliphatic heterocycles. The summed E-state index contributed by atoms with van der Waals surface area (Å²) in [5.74, 6) is 2.73. The Kier molecular flexibility index (Phi) is 26.8. The SMILES string of the molecule is CCCCCCSC(C)SCCCCCC.OP(O)(O)=S.OP(O)(O)=S. The molecule has 0 aliphatic carbocycles. The van der Waals surface area contributed by atoms with E-state index in [1.54, 1.807) is 0 Å². The van der Waals surface area contributed by atoms with E-state index >= 15 is 0 Å². The van der Waals surface area contributed by atoms with Crippen LogP contribution in [0, 0.1) is 0 Å². The lowest BCUT2D eigenvalue weighted by atomic mass is 10.2. The van der Waals surface area contributed by atoms with Crippen LogP contribution in [0.2, 0.25) is 0 Å². The summed E-state index contributed by atoms with van der Waals surface area (Å²) in [4.78, 5) is 45.3. The van der Waals surface area contributed by atoms with E-state index in [0.717, 1.165) is 4.58 Å². The minimum Gasteiger partial charge on any atom is -0.325 e. The Morgan fingerprint density at radius 1 is 0.654 bits per heavy atom. The minimum absolute atomic E-state index is 0.809. The Morgan fingerprint density at radius 3 is 1.15 bits per heavy atom. The molecule has 0 radical (unpaired) electrons. The molecule has 0 saturated heterocycles. The molecule has 0 aromatic heterocycles. The van der Waals surface area contributed by atoms with Gasteiger partial charge in [-0.3, -0.25) is 0 Å². The van der Waals surface area contributed by atoms with Gasteiger partial charge in [-0.2, -0.15) is 0 Å². The molecule has 0 spiro atoms. The highest BCUT2D eigenvalue weighted by molar-refractivity contribution is 8.16. The predicted molar refractivity (Wildman–Crippen MR) is 125 cm³/mol. The van der Waals surface area contributed by atoms with Crippen LogP contribution in [0.4, 0.5) is 0 Å². The second-order valence-corrected chi connectivity index (χ2v) is 13.6. The molecular formula is C14H36O6P2S4. The van der Waals surface area contributed by atoms with Crippen LogP contribution >= 0.6 is 37.0 Å². The lowest BCUT2D eigenvalue weighted by molar-refractivity contribution is 0.361. The molecule has 6 nitrogen and oxygen atoms in total. The van der Waals surface area contributed by atoms with Gasteiger partial charge in [-0.15, -0.1) is 23.5 Å². The van der Waals surface area contributed by atoms with E-state index in [0.29, 0.717) is 0 Å². The number of thioether (sulfide) groups is 2. The van der Waals surface area contributed by atoms with Crippen LogP contribution in [-0.2, 0) is 23.6 Å². The van der Waals surface area contributed by atoms with Gasteiger partial charge in [-0.25, -0.2) is 0 Å². The molecule has 0 aromatic carbocycles. The zero-order valence-corrected chi connectivity index (χ0v) is 20.9. The van der Waals surface area contributed by atoms with E-state index in [1.165, 1.54) is 62.9 Å². The Labute approximate surface area is 177 Å². The smallest absolute Gasteiger partial charge is 0.319 e. The topological polar surface area (TPSA) is 121 Å². The highest BCUT2D eigenvalue weighted by Gasteiger charge is 2.02. The summed E-state index contributed by atoms with van der Waals surface area (Å²) in [6.07, 6.45) is 11.2. The van der Waals surface area contributed by atoms with Gasteiger partial charge >= 0.3 is 13.4 Å². The second-order valence-electron chi connectivity index (χ2n) is 5.46. The van der Waals surface area contributed by atoms with Crippen molar-refractivity contribution in [3.63, 3.8) is 0 Å². The molecule has 0 unspecified atom stereocenters. The number of hydrogen-bond acceptors (Lipinski definition) is 4. The van der Waals surface area contributed by atoms with Crippen LogP contribution in [0.15, 0.2) is 0 Å². The predicted octanol–water partition coefficient (Wildman–Crippen LogP) is 4.34. The van der Waals surface area contributed by atoms with Crippen molar-refractivity contribution in [3.05, 3.63) is 0 Å². The van der Waals surface area contributed by atoms with Gasteiger partial charge in [0.2, 0.25) is 0 Å². The number of hydrogen-bond donors (Lipinski definition) is 6. The number of unbranched alkanes of at least 4 members (excludes halogenated alkanes) is 6. The largest absolute Gasteiger partial charge is 0.325 e. The van der Waals surface area contributed by atoms with Gasteiger partial charge < -0.3 is 29.4 Å². The maximum absolute atomic E-state index is 7.56. The summed E-state index contributed by atoms with van der Waals surface area (Å²) >= 11 is 11.5. The van der Waals surface area contributed by atoms with Crippen molar-refractivity contribution < 1.29 is 29.4 Å². The maximum Gasteiger partial charge on any atom is 0.319 e. The summed E-state index contributed by atoms with van der Waals surface area (Å²) in [6, 6.07) is 0. The number of rotatable bonds is 12. The van der Waals surface area contributed by atoms with Gasteiger partial charge in [0.15, 0.2) is 0 Å². The van der Waals surface area contributed by atoms with Gasteiger partial charge in [-0.1, -0.05) is 52.4 Å². The molecule has 162 valence electrons. The molecule has 0 bridgehead atoms. The van der Waals surface area contributed by atoms with Crippen molar-refractivity contribution >= 4 is 60.6 Å². The molecule has 0 amide bonds. The summed E-state index contributed by atoms with van der Waals surface area (Å²) in [6.45, 7) is -0.682. The van der Waals surface area contributed by atoms with Crippen molar-refractivity contribution in [2.45, 2.75) is 76.7 Å². The van der Waals surface area contributed by atoms with Crippen molar-refractivity contribution in [3.8, 4) is 0 Å². The van der Waals surface area contributed by atoms with E-state index in [-0.39, 0.29) is 0 Å². The van der Waals surface area contributed by atoms with Crippen LogP contribution in [0.25, 0.3) is 0 Å². The normalized spacial score (nSPS) is 11.5. The zero-order valence-electron chi connectivity index (χ0n) is 15.9. The van der Waals surface area contributed by atoms with E-state index in [2.05, 4.69) is 67.9 Å². The minimum atomic E-state index is -3.81. The lowest BCUT2D eigenvalue weighted by Gasteiger charge is -2.10. The van der Waals surface area contributed by atoms with E-state index in [1.807, 2.05) is 0 Å². The first kappa shape index (κ1) is 32.4. The second kappa shape index (κ2) is 21.5. The zero-order chi connectivity index (χ0) is 21.1. The van der Waals surface area contributed by atoms with Crippen molar-refractivity contribution in [2.24, 2.45) is 0 Å². The maximum atomic E-state index is 7.56. The average molecular weight is 491 g/mol. The highest BCUT2D eigenvalue weighted by Crippen LogP contribution is 2.27. The quantitative estimate of drug-likeness (QED) is 0.134. The molecule has 0 fully saturated rings. The van der Waals surface area contributed by atoms with Gasteiger partial charge in [-0.05, 0) is 54.9 Å². The van der Waals surface area contributed by atoms with Gasteiger partial charge in [0.1, 0.15) is 0 Å².